The largest absolute Gasteiger partial charge is 0.463 e. The van der Waals surface area contributed by atoms with Crippen molar-refractivity contribution in [1.82, 2.24) is 15.5 Å². The Hall–Kier alpha value is -1.89. The van der Waals surface area contributed by atoms with Gasteiger partial charge in [-0.2, -0.15) is 0 Å². The van der Waals surface area contributed by atoms with Crippen molar-refractivity contribution in [3.63, 3.8) is 0 Å². The molecule has 0 aromatic rings. The van der Waals surface area contributed by atoms with Crippen LogP contribution in [0, 0.1) is 11.8 Å². The van der Waals surface area contributed by atoms with Crippen molar-refractivity contribution in [3.8, 4) is 0 Å². The molecule has 0 radical (unpaired) electrons. The van der Waals surface area contributed by atoms with E-state index in [0.717, 1.165) is 25.7 Å². The van der Waals surface area contributed by atoms with Crippen LogP contribution in [-0.4, -0.2) is 60.0 Å². The number of carbonyl (C=O) groups is 3. The molecule has 1 aliphatic carbocycles. The third-order valence-corrected chi connectivity index (χ3v) is 7.13. The van der Waals surface area contributed by atoms with Gasteiger partial charge in [-0.1, -0.05) is 46.6 Å². The Bertz CT molecular complexity index is 707. The molecule has 0 aliphatic heterocycles. The first-order chi connectivity index (χ1) is 15.9. The molecule has 0 saturated heterocycles. The number of ether oxygens (including phenoxy) is 1. The first kappa shape index (κ1) is 30.1. The number of rotatable bonds is 13. The summed E-state index contributed by atoms with van der Waals surface area (Å²) in [7, 11) is 1.77. The minimum absolute atomic E-state index is 0.0891. The molecule has 1 aliphatic rings. The van der Waals surface area contributed by atoms with Crippen LogP contribution < -0.4 is 10.6 Å². The van der Waals surface area contributed by atoms with Crippen molar-refractivity contribution in [3.05, 3.63) is 11.6 Å². The second-order valence-electron chi connectivity index (χ2n) is 10.3. The van der Waals surface area contributed by atoms with Gasteiger partial charge < -0.3 is 20.3 Å². The fourth-order valence-electron chi connectivity index (χ4n) is 5.03. The van der Waals surface area contributed by atoms with Crippen molar-refractivity contribution in [2.45, 2.75) is 118 Å². The number of hydrogen-bond donors (Lipinski definition) is 2. The highest BCUT2D eigenvalue weighted by atomic mass is 16.5. The van der Waals surface area contributed by atoms with Gasteiger partial charge in [0.25, 0.3) is 0 Å². The monoisotopic (exact) mass is 479 g/mol. The van der Waals surface area contributed by atoms with E-state index in [9.17, 15) is 14.4 Å². The van der Waals surface area contributed by atoms with Crippen molar-refractivity contribution in [2.75, 3.05) is 13.7 Å². The lowest BCUT2D eigenvalue weighted by molar-refractivity contribution is -0.141. The van der Waals surface area contributed by atoms with E-state index in [2.05, 4.69) is 10.6 Å². The van der Waals surface area contributed by atoms with Crippen molar-refractivity contribution < 1.29 is 19.1 Å². The van der Waals surface area contributed by atoms with E-state index >= 15 is 0 Å². The van der Waals surface area contributed by atoms with Crippen LogP contribution in [0.1, 0.15) is 93.9 Å². The predicted octanol–water partition coefficient (Wildman–Crippen LogP) is 4.21. The topological polar surface area (TPSA) is 87.7 Å². The number of nitrogens with zero attached hydrogens (tertiary/aromatic N) is 1. The maximum atomic E-state index is 13.9. The average Bonchev–Trinajstić information content (AvgIpc) is 3.32. The van der Waals surface area contributed by atoms with Gasteiger partial charge in [0.2, 0.25) is 11.8 Å². The van der Waals surface area contributed by atoms with Gasteiger partial charge in [-0.05, 0) is 65.2 Å². The van der Waals surface area contributed by atoms with Crippen LogP contribution >= 0.6 is 0 Å². The van der Waals surface area contributed by atoms with Gasteiger partial charge >= 0.3 is 5.97 Å². The summed E-state index contributed by atoms with van der Waals surface area (Å²) < 4.78 is 5.13. The Balaban J connectivity index is 3.25. The molecular formula is C27H49N3O4. The summed E-state index contributed by atoms with van der Waals surface area (Å²) in [6, 6.07) is -0.715. The van der Waals surface area contributed by atoms with Gasteiger partial charge in [0, 0.05) is 18.7 Å². The molecule has 0 bridgehead atoms. The van der Waals surface area contributed by atoms with E-state index in [-0.39, 0.29) is 41.7 Å². The molecule has 0 aromatic heterocycles. The maximum absolute atomic E-state index is 13.9. The van der Waals surface area contributed by atoms with Crippen molar-refractivity contribution in [1.29, 1.82) is 0 Å². The van der Waals surface area contributed by atoms with E-state index in [1.807, 2.05) is 47.6 Å². The highest BCUT2D eigenvalue weighted by molar-refractivity contribution is 5.93. The number of nitrogens with one attached hydrogen (secondary N) is 2. The van der Waals surface area contributed by atoms with Crippen LogP contribution in [0.4, 0.5) is 0 Å². The zero-order valence-electron chi connectivity index (χ0n) is 23.0. The van der Waals surface area contributed by atoms with E-state index in [1.54, 1.807) is 25.8 Å². The zero-order chi connectivity index (χ0) is 26.1. The van der Waals surface area contributed by atoms with Gasteiger partial charge in [0.05, 0.1) is 18.2 Å². The number of esters is 1. The second kappa shape index (κ2) is 13.9. The average molecular weight is 480 g/mol. The van der Waals surface area contributed by atoms with E-state index in [0.29, 0.717) is 25.0 Å². The summed E-state index contributed by atoms with van der Waals surface area (Å²) in [5, 5.41) is 6.62. The predicted molar refractivity (Wildman–Crippen MR) is 137 cm³/mol. The molecule has 1 rings (SSSR count). The van der Waals surface area contributed by atoms with E-state index in [1.165, 1.54) is 0 Å². The molecule has 0 aromatic carbocycles. The number of likely N-dealkylation sites (N-methyl/N-ethyl adjacent to an activating group) is 1. The van der Waals surface area contributed by atoms with Crippen LogP contribution in [0.15, 0.2) is 11.6 Å². The van der Waals surface area contributed by atoms with Crippen LogP contribution in [0.25, 0.3) is 0 Å². The lowest BCUT2D eigenvalue weighted by atomic mass is 9.88. The summed E-state index contributed by atoms with van der Waals surface area (Å²) in [4.78, 5) is 41.3. The Kier molecular flexibility index (Phi) is 12.3. The van der Waals surface area contributed by atoms with Crippen LogP contribution in [-0.2, 0) is 19.1 Å². The molecule has 0 heterocycles. The number of amides is 2. The quantitative estimate of drug-likeness (QED) is 0.305. The lowest BCUT2D eigenvalue weighted by Crippen LogP contribution is -2.63. The lowest BCUT2D eigenvalue weighted by Gasteiger charge is -2.38. The highest BCUT2D eigenvalue weighted by Gasteiger charge is 2.41. The second-order valence-corrected chi connectivity index (χ2v) is 10.3. The van der Waals surface area contributed by atoms with Gasteiger partial charge in [-0.25, -0.2) is 4.79 Å². The minimum Gasteiger partial charge on any atom is -0.463 e. The minimum atomic E-state index is -0.707. The van der Waals surface area contributed by atoms with Crippen molar-refractivity contribution >= 4 is 17.8 Å². The Morgan fingerprint density at radius 3 is 2.06 bits per heavy atom. The fraction of sp³-hybridized carbons (Fsp3) is 0.815. The molecule has 7 heteroatoms. The smallest absolute Gasteiger partial charge is 0.333 e. The van der Waals surface area contributed by atoms with Gasteiger partial charge in [0.1, 0.15) is 6.04 Å². The number of carbonyl (C=O) groups excluding carboxylic acids is 3. The Morgan fingerprint density at radius 2 is 1.62 bits per heavy atom. The molecule has 2 atom stereocenters. The van der Waals surface area contributed by atoms with Crippen LogP contribution in [0.2, 0.25) is 0 Å². The maximum Gasteiger partial charge on any atom is 0.333 e. The molecule has 1 fully saturated rings. The SMILES string of the molecule is CCOC(=O)C(C)=C[C@H](C(C)C)N(C)C(=O)[C@@H](NC(=O)C(CC)(CC)NC(C)C)C1CCCC1. The van der Waals surface area contributed by atoms with E-state index < -0.39 is 11.6 Å². The third-order valence-electron chi connectivity index (χ3n) is 7.13. The van der Waals surface area contributed by atoms with Gasteiger partial charge in [-0.15, -0.1) is 0 Å². The first-order valence-corrected chi connectivity index (χ1v) is 13.1. The summed E-state index contributed by atoms with van der Waals surface area (Å²) in [6.45, 7) is 15.9. The molecule has 34 heavy (non-hydrogen) atoms. The normalized spacial score (nSPS) is 17.1. The van der Waals surface area contributed by atoms with Gasteiger partial charge in [-0.3, -0.25) is 9.59 Å². The molecule has 1 saturated carbocycles. The Labute approximate surface area is 207 Å². The molecule has 2 amide bonds. The highest BCUT2D eigenvalue weighted by Crippen LogP contribution is 2.30. The van der Waals surface area contributed by atoms with Crippen LogP contribution in [0.5, 0.6) is 0 Å². The summed E-state index contributed by atoms with van der Waals surface area (Å²) in [5.74, 6) is -0.370. The zero-order valence-corrected chi connectivity index (χ0v) is 23.0. The molecule has 2 N–H and O–H groups in total. The standard InChI is InChI=1S/C27H49N3O4/c1-10-27(11-2,29-19(6)7)26(33)28-23(21-15-13-14-16-21)24(31)30(9)22(18(4)5)17-20(8)25(32)34-12-3/h17-19,21-23,29H,10-16H2,1-9H3,(H,28,33)/t22-,23+/m1/s1. The molecule has 0 unspecified atom stereocenters. The molecule has 7 nitrogen and oxygen atoms in total. The Morgan fingerprint density at radius 1 is 1.06 bits per heavy atom. The molecule has 0 spiro atoms. The summed E-state index contributed by atoms with van der Waals surface area (Å²) >= 11 is 0. The van der Waals surface area contributed by atoms with Gasteiger partial charge in [0.15, 0.2) is 0 Å². The van der Waals surface area contributed by atoms with Crippen LogP contribution in [0.3, 0.4) is 0 Å². The van der Waals surface area contributed by atoms with Crippen molar-refractivity contribution in [2.24, 2.45) is 11.8 Å². The number of hydrogen-bond acceptors (Lipinski definition) is 5. The fourth-order valence-corrected chi connectivity index (χ4v) is 5.03. The third kappa shape index (κ3) is 7.82. The first-order valence-electron chi connectivity index (χ1n) is 13.1. The summed E-state index contributed by atoms with van der Waals surface area (Å²) in [5.41, 5.74) is -0.222. The van der Waals surface area contributed by atoms with E-state index in [4.69, 9.17) is 4.74 Å². The summed E-state index contributed by atoms with van der Waals surface area (Å²) in [6.07, 6.45) is 7.10. The molecular weight excluding hydrogens is 430 g/mol. The molecule has 196 valence electrons.